The van der Waals surface area contributed by atoms with Crippen molar-refractivity contribution in [2.45, 2.75) is 374 Å². The fourth-order valence-electron chi connectivity index (χ4n) is 9.91. The highest BCUT2D eigenvalue weighted by Crippen LogP contribution is 2.18. The minimum Gasteiger partial charge on any atom is -0.462 e. The summed E-state index contributed by atoms with van der Waals surface area (Å²) in [6.07, 6.45) is 70.9. The van der Waals surface area contributed by atoms with Gasteiger partial charge in [0.2, 0.25) is 0 Å². The lowest BCUT2D eigenvalue weighted by molar-refractivity contribution is -0.167. The summed E-state index contributed by atoms with van der Waals surface area (Å²) in [4.78, 5) is 38.2. The molecule has 0 heterocycles. The Balaban J connectivity index is 4.13. The summed E-state index contributed by atoms with van der Waals surface area (Å²) in [5.74, 6) is -0.845. The smallest absolute Gasteiger partial charge is 0.306 e. The lowest BCUT2D eigenvalue weighted by Crippen LogP contribution is -2.30. The zero-order valence-electron chi connectivity index (χ0n) is 48.3. The highest BCUT2D eigenvalue weighted by atomic mass is 16.6. The molecule has 0 aliphatic rings. The van der Waals surface area contributed by atoms with Crippen LogP contribution in [0.3, 0.4) is 0 Å². The molecule has 0 aromatic carbocycles. The van der Waals surface area contributed by atoms with E-state index in [9.17, 15) is 14.4 Å². The second-order valence-electron chi connectivity index (χ2n) is 22.0. The Bertz CT molecular complexity index is 1100. The molecule has 0 aromatic heterocycles. The zero-order valence-corrected chi connectivity index (χ0v) is 48.3. The van der Waals surface area contributed by atoms with Crippen LogP contribution in [0.2, 0.25) is 0 Å². The average Bonchev–Trinajstić information content (AvgIpc) is 3.37. The fourth-order valence-corrected chi connectivity index (χ4v) is 9.91. The van der Waals surface area contributed by atoms with Gasteiger partial charge in [0, 0.05) is 19.3 Å². The molecule has 0 N–H and O–H groups in total. The molecule has 1 unspecified atom stereocenters. The van der Waals surface area contributed by atoms with Crippen molar-refractivity contribution in [3.8, 4) is 0 Å². The molecule has 0 aliphatic carbocycles. The van der Waals surface area contributed by atoms with Crippen molar-refractivity contribution in [1.29, 1.82) is 0 Å². The second-order valence-corrected chi connectivity index (χ2v) is 22.0. The summed E-state index contributed by atoms with van der Waals surface area (Å²) in [5.41, 5.74) is 0. The van der Waals surface area contributed by atoms with Crippen molar-refractivity contribution in [2.24, 2.45) is 0 Å². The van der Waals surface area contributed by atoms with Gasteiger partial charge in [0.25, 0.3) is 0 Å². The van der Waals surface area contributed by atoms with E-state index in [-0.39, 0.29) is 31.1 Å². The van der Waals surface area contributed by atoms with E-state index in [2.05, 4.69) is 32.9 Å². The first-order valence-corrected chi connectivity index (χ1v) is 32.2. The Kier molecular flexibility index (Phi) is 59.1. The summed E-state index contributed by atoms with van der Waals surface area (Å²) in [5, 5.41) is 0. The second kappa shape index (κ2) is 60.7. The van der Waals surface area contributed by atoms with Crippen molar-refractivity contribution in [2.75, 3.05) is 13.2 Å². The van der Waals surface area contributed by atoms with E-state index < -0.39 is 6.10 Å². The highest BCUT2D eigenvalue weighted by molar-refractivity contribution is 5.71. The molecule has 71 heavy (non-hydrogen) atoms. The molecular formula is C65H124O6. The minimum atomic E-state index is -0.767. The SMILES string of the molecule is CCCCCCCC/C=C\CCCCCCCCCC(=O)OC(COC(=O)CCCCCCCCCCCC)COC(=O)CCCCCCCCCCCCCCCCCCCCCCCCCCCC. The van der Waals surface area contributed by atoms with Crippen molar-refractivity contribution in [3.05, 3.63) is 12.2 Å². The molecule has 420 valence electrons. The first kappa shape index (κ1) is 69.2. The van der Waals surface area contributed by atoms with Gasteiger partial charge in [-0.15, -0.1) is 0 Å². The van der Waals surface area contributed by atoms with Crippen molar-refractivity contribution in [1.82, 2.24) is 0 Å². The van der Waals surface area contributed by atoms with Gasteiger partial charge in [0.05, 0.1) is 0 Å². The number of hydrogen-bond acceptors (Lipinski definition) is 6. The van der Waals surface area contributed by atoms with Gasteiger partial charge < -0.3 is 14.2 Å². The standard InChI is InChI=1S/C65H124O6/c1-4-7-10-13-16-19-22-24-26-28-29-30-31-32-33-34-35-36-38-39-41-43-46-49-52-55-58-64(67)70-61-62(60-69-63(66)57-54-51-48-45-21-18-15-12-9-6-3)71-65(68)59-56-53-50-47-44-42-40-37-27-25-23-20-17-14-11-8-5-2/h25,27,62H,4-24,26,28-61H2,1-3H3/b27-25-. The van der Waals surface area contributed by atoms with Crippen LogP contribution < -0.4 is 0 Å². The first-order valence-electron chi connectivity index (χ1n) is 32.2. The van der Waals surface area contributed by atoms with Crippen LogP contribution >= 0.6 is 0 Å². The van der Waals surface area contributed by atoms with E-state index >= 15 is 0 Å². The minimum absolute atomic E-state index is 0.0657. The number of hydrogen-bond donors (Lipinski definition) is 0. The molecule has 0 radical (unpaired) electrons. The fraction of sp³-hybridized carbons (Fsp3) is 0.923. The van der Waals surface area contributed by atoms with E-state index in [1.54, 1.807) is 0 Å². The molecule has 0 aliphatic heterocycles. The Labute approximate surface area is 443 Å². The molecule has 6 nitrogen and oxygen atoms in total. The van der Waals surface area contributed by atoms with Crippen LogP contribution in [0.15, 0.2) is 12.2 Å². The van der Waals surface area contributed by atoms with Gasteiger partial charge in [-0.1, -0.05) is 315 Å². The molecule has 0 rings (SSSR count). The number of carbonyl (C=O) groups is 3. The van der Waals surface area contributed by atoms with Crippen molar-refractivity contribution in [3.63, 3.8) is 0 Å². The van der Waals surface area contributed by atoms with E-state index in [0.717, 1.165) is 57.8 Å². The third-order valence-electron chi connectivity index (χ3n) is 14.8. The summed E-state index contributed by atoms with van der Waals surface area (Å²) in [6, 6.07) is 0. The lowest BCUT2D eigenvalue weighted by atomic mass is 10.0. The van der Waals surface area contributed by atoms with Gasteiger partial charge in [-0.2, -0.15) is 0 Å². The number of esters is 3. The number of ether oxygens (including phenoxy) is 3. The largest absolute Gasteiger partial charge is 0.462 e. The third kappa shape index (κ3) is 58.9. The van der Waals surface area contributed by atoms with Gasteiger partial charge in [-0.05, 0) is 44.9 Å². The molecular weight excluding hydrogens is 877 g/mol. The zero-order chi connectivity index (χ0) is 51.4. The van der Waals surface area contributed by atoms with Gasteiger partial charge in [0.1, 0.15) is 13.2 Å². The molecule has 0 spiro atoms. The van der Waals surface area contributed by atoms with Gasteiger partial charge in [0.15, 0.2) is 6.10 Å². The van der Waals surface area contributed by atoms with Gasteiger partial charge >= 0.3 is 17.9 Å². The Morgan fingerprint density at radius 2 is 0.465 bits per heavy atom. The molecule has 6 heteroatoms. The maximum absolute atomic E-state index is 12.9. The first-order chi connectivity index (χ1) is 35.0. The monoisotopic (exact) mass is 1000 g/mol. The van der Waals surface area contributed by atoms with Crippen LogP contribution in [-0.4, -0.2) is 37.2 Å². The van der Waals surface area contributed by atoms with Crippen molar-refractivity contribution < 1.29 is 28.6 Å². The summed E-state index contributed by atoms with van der Waals surface area (Å²) in [6.45, 7) is 6.69. The van der Waals surface area contributed by atoms with Crippen LogP contribution in [0.5, 0.6) is 0 Å². The van der Waals surface area contributed by atoms with E-state index in [1.807, 2.05) is 0 Å². The molecule has 0 saturated carbocycles. The highest BCUT2D eigenvalue weighted by Gasteiger charge is 2.19. The van der Waals surface area contributed by atoms with Crippen LogP contribution in [0.25, 0.3) is 0 Å². The van der Waals surface area contributed by atoms with E-state index in [1.165, 1.54) is 270 Å². The maximum atomic E-state index is 12.9. The molecule has 1 atom stereocenters. The number of allylic oxidation sites excluding steroid dienone is 2. The average molecular weight is 1000 g/mol. The van der Waals surface area contributed by atoms with Crippen LogP contribution in [-0.2, 0) is 28.6 Å². The van der Waals surface area contributed by atoms with Gasteiger partial charge in [-0.3, -0.25) is 14.4 Å². The van der Waals surface area contributed by atoms with Crippen LogP contribution in [0.1, 0.15) is 367 Å². The summed E-state index contributed by atoms with van der Waals surface area (Å²) >= 11 is 0. The number of rotatable bonds is 60. The molecule has 0 aromatic rings. The predicted molar refractivity (Wildman–Crippen MR) is 307 cm³/mol. The molecule has 0 amide bonds. The molecule has 0 bridgehead atoms. The Morgan fingerprint density at radius 1 is 0.268 bits per heavy atom. The maximum Gasteiger partial charge on any atom is 0.306 e. The Morgan fingerprint density at radius 3 is 0.704 bits per heavy atom. The number of unbranched alkanes of at least 4 members (excludes halogenated alkanes) is 47. The van der Waals surface area contributed by atoms with Crippen molar-refractivity contribution >= 4 is 17.9 Å². The van der Waals surface area contributed by atoms with E-state index in [0.29, 0.717) is 19.3 Å². The van der Waals surface area contributed by atoms with Gasteiger partial charge in [-0.25, -0.2) is 0 Å². The third-order valence-corrected chi connectivity index (χ3v) is 14.8. The topological polar surface area (TPSA) is 78.9 Å². The van der Waals surface area contributed by atoms with Crippen LogP contribution in [0, 0.1) is 0 Å². The van der Waals surface area contributed by atoms with E-state index in [4.69, 9.17) is 14.2 Å². The lowest BCUT2D eigenvalue weighted by Gasteiger charge is -2.18. The number of carbonyl (C=O) groups excluding carboxylic acids is 3. The predicted octanol–water partition coefficient (Wildman–Crippen LogP) is 21.7. The molecule has 0 saturated heterocycles. The molecule has 0 fully saturated rings. The summed E-state index contributed by atoms with van der Waals surface area (Å²) < 4.78 is 16.9. The summed E-state index contributed by atoms with van der Waals surface area (Å²) in [7, 11) is 0. The normalized spacial score (nSPS) is 12.0. The quantitative estimate of drug-likeness (QED) is 0.0261. The van der Waals surface area contributed by atoms with Crippen LogP contribution in [0.4, 0.5) is 0 Å². The Hall–Kier alpha value is -1.85.